The third-order valence-corrected chi connectivity index (χ3v) is 2.66. The minimum atomic E-state index is -1.50. The summed E-state index contributed by atoms with van der Waals surface area (Å²) in [5.41, 5.74) is -0.112. The summed E-state index contributed by atoms with van der Waals surface area (Å²) in [4.78, 5) is 21.8. The monoisotopic (exact) mass is 266 g/mol. The average Bonchev–Trinajstić information content (AvgIpc) is 2.26. The molecular weight excluding hydrogens is 254 g/mol. The van der Waals surface area contributed by atoms with Crippen LogP contribution in [0.4, 0.5) is 0 Å². The van der Waals surface area contributed by atoms with E-state index in [4.69, 9.17) is 0 Å². The Labute approximate surface area is 150 Å². The molecule has 6 heteroatoms. The van der Waals surface area contributed by atoms with E-state index in [-0.39, 0.29) is 76.2 Å². The maximum atomic E-state index is 11.0. The summed E-state index contributed by atoms with van der Waals surface area (Å²) >= 11 is 0. The Morgan fingerprint density at radius 2 is 1.72 bits per heavy atom. The van der Waals surface area contributed by atoms with Gasteiger partial charge in [0, 0.05) is 11.1 Å². The summed E-state index contributed by atoms with van der Waals surface area (Å²) in [7, 11) is 0. The summed E-state index contributed by atoms with van der Waals surface area (Å²) in [5.74, 6) is -3.01. The summed E-state index contributed by atoms with van der Waals surface area (Å²) < 4.78 is 0. The van der Waals surface area contributed by atoms with Crippen LogP contribution in [0.5, 0.6) is 0 Å². The summed E-state index contributed by atoms with van der Waals surface area (Å²) in [6, 6.07) is 4.33. The van der Waals surface area contributed by atoms with Crippen LogP contribution < -0.4 is 69.3 Å². The topological polar surface area (TPSA) is 80.3 Å². The molecule has 1 unspecified atom stereocenters. The molecule has 0 aliphatic rings. The Kier molecular flexibility index (Phi) is 10.4. The van der Waals surface area contributed by atoms with Gasteiger partial charge in [-0.3, -0.25) is 0 Å². The molecule has 0 saturated heterocycles. The van der Waals surface area contributed by atoms with Crippen molar-refractivity contribution < 1.29 is 78.9 Å². The van der Waals surface area contributed by atoms with E-state index in [0.29, 0.717) is 5.56 Å². The molecule has 0 heterocycles. The first-order chi connectivity index (χ1) is 7.49. The Morgan fingerprint density at radius 1 is 1.17 bits per heavy atom. The van der Waals surface area contributed by atoms with Crippen LogP contribution >= 0.6 is 0 Å². The maximum absolute atomic E-state index is 11.0. The van der Waals surface area contributed by atoms with E-state index in [1.54, 1.807) is 6.07 Å². The normalized spacial score (nSPS) is 10.8. The second kappa shape index (κ2) is 9.13. The summed E-state index contributed by atoms with van der Waals surface area (Å²) in [6.07, 6.45) is 0.719. The van der Waals surface area contributed by atoms with Crippen molar-refractivity contribution in [2.24, 2.45) is 0 Å². The van der Waals surface area contributed by atoms with Gasteiger partial charge >= 0.3 is 59.1 Å². The smallest absolute Gasteiger partial charge is 0.545 e. The molecule has 18 heavy (non-hydrogen) atoms. The van der Waals surface area contributed by atoms with E-state index in [2.05, 4.69) is 0 Å². The predicted molar refractivity (Wildman–Crippen MR) is 53.8 cm³/mol. The number of benzene rings is 1. The van der Waals surface area contributed by atoms with Crippen LogP contribution in [0.25, 0.3) is 0 Å². The zero-order valence-electron chi connectivity index (χ0n) is 11.1. The van der Waals surface area contributed by atoms with Gasteiger partial charge in [-0.15, -0.1) is 0 Å². The first-order valence-electron chi connectivity index (χ1n) is 5.04. The van der Waals surface area contributed by atoms with Crippen LogP contribution in [0, 0.1) is 0 Å². The van der Waals surface area contributed by atoms with Crippen molar-refractivity contribution in [3.8, 4) is 0 Å². The number of hydrogen-bond donors (Lipinski definition) is 0. The molecule has 0 saturated carbocycles. The van der Waals surface area contributed by atoms with E-state index in [0.717, 1.165) is 6.42 Å². The Morgan fingerprint density at radius 3 is 2.11 bits per heavy atom. The van der Waals surface area contributed by atoms with Crippen molar-refractivity contribution >= 4 is 11.9 Å². The zero-order valence-corrected chi connectivity index (χ0v) is 15.1. The summed E-state index contributed by atoms with van der Waals surface area (Å²) in [5, 5.41) is 21.8. The van der Waals surface area contributed by atoms with Gasteiger partial charge in [-0.1, -0.05) is 32.0 Å². The molecule has 0 amide bonds. The molecular formula is C12H12Na2O4. The Hall–Kier alpha value is 0.160. The molecule has 0 N–H and O–H groups in total. The van der Waals surface area contributed by atoms with Gasteiger partial charge in [0.1, 0.15) is 0 Å². The third kappa shape index (κ3) is 4.68. The molecule has 0 aromatic heterocycles. The Bertz CT molecular complexity index is 432. The van der Waals surface area contributed by atoms with Crippen LogP contribution in [-0.4, -0.2) is 11.9 Å². The zero-order chi connectivity index (χ0) is 12.3. The molecule has 1 atom stereocenters. The van der Waals surface area contributed by atoms with Gasteiger partial charge in [-0.05, 0) is 17.9 Å². The van der Waals surface area contributed by atoms with Crippen LogP contribution in [-0.2, 0) is 0 Å². The molecule has 0 aliphatic heterocycles. The van der Waals surface area contributed by atoms with Crippen molar-refractivity contribution in [2.75, 3.05) is 0 Å². The molecule has 1 aromatic rings. The van der Waals surface area contributed by atoms with Crippen LogP contribution in [0.1, 0.15) is 52.5 Å². The fourth-order valence-electron chi connectivity index (χ4n) is 1.60. The number of rotatable bonds is 4. The van der Waals surface area contributed by atoms with E-state index in [1.165, 1.54) is 12.1 Å². The van der Waals surface area contributed by atoms with Gasteiger partial charge in [0.15, 0.2) is 0 Å². The van der Waals surface area contributed by atoms with E-state index < -0.39 is 11.9 Å². The van der Waals surface area contributed by atoms with Gasteiger partial charge in [-0.2, -0.15) is 0 Å². The van der Waals surface area contributed by atoms with Crippen LogP contribution in [0.2, 0.25) is 0 Å². The fourth-order valence-corrected chi connectivity index (χ4v) is 1.60. The van der Waals surface area contributed by atoms with Crippen molar-refractivity contribution in [1.82, 2.24) is 0 Å². The average molecular weight is 266 g/mol. The molecule has 1 aromatic carbocycles. The molecule has 0 radical (unpaired) electrons. The van der Waals surface area contributed by atoms with E-state index in [9.17, 15) is 19.8 Å². The van der Waals surface area contributed by atoms with Gasteiger partial charge in [0.2, 0.25) is 0 Å². The molecule has 0 aliphatic carbocycles. The van der Waals surface area contributed by atoms with Gasteiger partial charge in [0.05, 0.1) is 11.9 Å². The molecule has 4 nitrogen and oxygen atoms in total. The standard InChI is InChI=1S/C12H14O4.2Na/c1-3-7(2)8-5-4-6-9(11(13)14)10(8)12(15)16;;/h4-7H,3H2,1-2H3,(H,13,14)(H,15,16);;/q;2*+1/p-2. The minimum Gasteiger partial charge on any atom is -0.545 e. The predicted octanol–water partition coefficient (Wildman–Crippen LogP) is -6.06. The van der Waals surface area contributed by atoms with Crippen LogP contribution in [0.15, 0.2) is 18.2 Å². The second-order valence-corrected chi connectivity index (χ2v) is 3.65. The fraction of sp³-hybridized carbons (Fsp3) is 0.333. The molecule has 0 fully saturated rings. The van der Waals surface area contributed by atoms with Crippen molar-refractivity contribution in [3.63, 3.8) is 0 Å². The van der Waals surface area contributed by atoms with Crippen molar-refractivity contribution in [2.45, 2.75) is 26.2 Å². The van der Waals surface area contributed by atoms with E-state index in [1.807, 2.05) is 13.8 Å². The van der Waals surface area contributed by atoms with Gasteiger partial charge in [0.25, 0.3) is 0 Å². The third-order valence-electron chi connectivity index (χ3n) is 2.66. The number of carbonyl (C=O) groups excluding carboxylic acids is 2. The molecule has 0 bridgehead atoms. The molecule has 1 rings (SSSR count). The first-order valence-corrected chi connectivity index (χ1v) is 5.04. The minimum absolute atomic E-state index is 0. The first kappa shape index (κ1) is 20.5. The number of carboxylic acid groups (broad SMARTS) is 2. The molecule has 0 spiro atoms. The van der Waals surface area contributed by atoms with Gasteiger partial charge in [-0.25, -0.2) is 0 Å². The quantitative estimate of drug-likeness (QED) is 0.508. The van der Waals surface area contributed by atoms with Gasteiger partial charge < -0.3 is 19.8 Å². The summed E-state index contributed by atoms with van der Waals surface area (Å²) in [6.45, 7) is 3.73. The Balaban J connectivity index is 0. The number of aromatic carboxylic acids is 2. The second-order valence-electron chi connectivity index (χ2n) is 3.65. The van der Waals surface area contributed by atoms with Crippen LogP contribution in [0.3, 0.4) is 0 Å². The number of hydrogen-bond acceptors (Lipinski definition) is 4. The van der Waals surface area contributed by atoms with Crippen molar-refractivity contribution in [3.05, 3.63) is 34.9 Å². The SMILES string of the molecule is CCC(C)c1cccc(C(=O)[O-])c1C(=O)[O-].[Na+].[Na+]. The number of carboxylic acids is 2. The largest absolute Gasteiger partial charge is 1.00 e. The molecule has 86 valence electrons. The maximum Gasteiger partial charge on any atom is 1.00 e. The number of carbonyl (C=O) groups is 2. The van der Waals surface area contributed by atoms with Crippen molar-refractivity contribution in [1.29, 1.82) is 0 Å². The van der Waals surface area contributed by atoms with E-state index >= 15 is 0 Å².